The van der Waals surface area contributed by atoms with E-state index in [2.05, 4.69) is 10.1 Å². The standard InChI is InChI=1S/C21H22N4O3/c1-14-19-17(21(27)25-10-6-9-24(11-12-25)15(2)26)13-18(22-20(19)28-23-14)16-7-4-3-5-8-16/h3-5,7-8,13H,6,9-12H2,1-2H3. The van der Waals surface area contributed by atoms with Crippen molar-refractivity contribution in [1.82, 2.24) is 19.9 Å². The van der Waals surface area contributed by atoms with Crippen LogP contribution < -0.4 is 0 Å². The van der Waals surface area contributed by atoms with E-state index in [9.17, 15) is 9.59 Å². The second-order valence-electron chi connectivity index (χ2n) is 7.02. The van der Waals surface area contributed by atoms with Gasteiger partial charge in [-0.1, -0.05) is 35.5 Å². The zero-order chi connectivity index (χ0) is 19.7. The summed E-state index contributed by atoms with van der Waals surface area (Å²) in [6, 6.07) is 11.5. The van der Waals surface area contributed by atoms with Crippen LogP contribution >= 0.6 is 0 Å². The first kappa shape index (κ1) is 18.2. The number of amides is 2. The molecule has 2 amide bonds. The van der Waals surface area contributed by atoms with Crippen molar-refractivity contribution in [3.63, 3.8) is 0 Å². The lowest BCUT2D eigenvalue weighted by Crippen LogP contribution is -2.36. The van der Waals surface area contributed by atoms with E-state index in [1.807, 2.05) is 43.3 Å². The number of hydrogen-bond acceptors (Lipinski definition) is 5. The van der Waals surface area contributed by atoms with Crippen molar-refractivity contribution in [3.8, 4) is 11.3 Å². The molecular formula is C21H22N4O3. The number of carbonyl (C=O) groups excluding carboxylic acids is 2. The molecule has 1 aliphatic rings. The molecule has 0 saturated carbocycles. The molecule has 3 heterocycles. The van der Waals surface area contributed by atoms with Crippen LogP contribution in [0.15, 0.2) is 40.9 Å². The van der Waals surface area contributed by atoms with Gasteiger partial charge in [0.15, 0.2) is 0 Å². The van der Waals surface area contributed by atoms with Gasteiger partial charge in [-0.3, -0.25) is 9.59 Å². The molecule has 0 radical (unpaired) electrons. The van der Waals surface area contributed by atoms with Crippen LogP contribution in [-0.4, -0.2) is 57.9 Å². The summed E-state index contributed by atoms with van der Waals surface area (Å²) >= 11 is 0. The Bertz CT molecular complexity index is 1030. The normalized spacial score (nSPS) is 14.9. The highest BCUT2D eigenvalue weighted by molar-refractivity contribution is 6.07. The number of hydrogen-bond donors (Lipinski definition) is 0. The lowest BCUT2D eigenvalue weighted by molar-refractivity contribution is -0.128. The number of aromatic nitrogens is 2. The first-order valence-electron chi connectivity index (χ1n) is 9.42. The summed E-state index contributed by atoms with van der Waals surface area (Å²) in [6.07, 6.45) is 0.758. The summed E-state index contributed by atoms with van der Waals surface area (Å²) in [5, 5.41) is 4.66. The minimum absolute atomic E-state index is 0.0434. The lowest BCUT2D eigenvalue weighted by Gasteiger charge is -2.22. The maximum atomic E-state index is 13.4. The molecule has 0 spiro atoms. The zero-order valence-corrected chi connectivity index (χ0v) is 16.0. The molecule has 1 aromatic carbocycles. The van der Waals surface area contributed by atoms with Crippen molar-refractivity contribution in [2.45, 2.75) is 20.3 Å². The van der Waals surface area contributed by atoms with Crippen molar-refractivity contribution in [1.29, 1.82) is 0 Å². The summed E-state index contributed by atoms with van der Waals surface area (Å²) in [5.41, 5.74) is 3.13. The Morgan fingerprint density at radius 2 is 1.75 bits per heavy atom. The van der Waals surface area contributed by atoms with E-state index in [4.69, 9.17) is 4.52 Å². The van der Waals surface area contributed by atoms with Crippen LogP contribution in [0.5, 0.6) is 0 Å². The Morgan fingerprint density at radius 3 is 2.50 bits per heavy atom. The lowest BCUT2D eigenvalue weighted by atomic mass is 10.0. The highest BCUT2D eigenvalue weighted by atomic mass is 16.5. The molecule has 4 rings (SSSR count). The molecule has 1 saturated heterocycles. The maximum absolute atomic E-state index is 13.4. The molecular weight excluding hydrogens is 356 g/mol. The van der Waals surface area contributed by atoms with E-state index in [-0.39, 0.29) is 11.8 Å². The average molecular weight is 378 g/mol. The van der Waals surface area contributed by atoms with Crippen molar-refractivity contribution < 1.29 is 14.1 Å². The topological polar surface area (TPSA) is 79.5 Å². The van der Waals surface area contributed by atoms with Crippen molar-refractivity contribution in [2.24, 2.45) is 0 Å². The van der Waals surface area contributed by atoms with Crippen LogP contribution in [0, 0.1) is 6.92 Å². The number of pyridine rings is 1. The van der Waals surface area contributed by atoms with Crippen LogP contribution in [0.1, 0.15) is 29.4 Å². The fourth-order valence-corrected chi connectivity index (χ4v) is 3.63. The molecule has 144 valence electrons. The molecule has 0 atom stereocenters. The SMILES string of the molecule is CC(=O)N1CCCN(C(=O)c2cc(-c3ccccc3)nc3onc(C)c23)CC1. The van der Waals surface area contributed by atoms with E-state index in [0.29, 0.717) is 54.2 Å². The Morgan fingerprint density at radius 1 is 1.04 bits per heavy atom. The zero-order valence-electron chi connectivity index (χ0n) is 16.0. The molecule has 0 aliphatic carbocycles. The van der Waals surface area contributed by atoms with E-state index in [0.717, 1.165) is 12.0 Å². The molecule has 0 N–H and O–H groups in total. The molecule has 7 heteroatoms. The third-order valence-electron chi connectivity index (χ3n) is 5.15. The summed E-state index contributed by atoms with van der Waals surface area (Å²) in [7, 11) is 0. The Hall–Kier alpha value is -3.22. The fourth-order valence-electron chi connectivity index (χ4n) is 3.63. The van der Waals surface area contributed by atoms with Crippen LogP contribution in [0.2, 0.25) is 0 Å². The maximum Gasteiger partial charge on any atom is 0.259 e. The first-order chi connectivity index (χ1) is 13.5. The van der Waals surface area contributed by atoms with E-state index < -0.39 is 0 Å². The van der Waals surface area contributed by atoms with Gasteiger partial charge in [-0.2, -0.15) is 0 Å². The minimum atomic E-state index is -0.0821. The van der Waals surface area contributed by atoms with Gasteiger partial charge >= 0.3 is 0 Å². The Labute approximate surface area is 162 Å². The number of benzene rings is 1. The highest BCUT2D eigenvalue weighted by Crippen LogP contribution is 2.28. The van der Waals surface area contributed by atoms with Gasteiger partial charge < -0.3 is 14.3 Å². The highest BCUT2D eigenvalue weighted by Gasteiger charge is 2.25. The number of carbonyl (C=O) groups is 2. The number of fused-ring (bicyclic) bond motifs is 1. The van der Waals surface area contributed by atoms with Crippen LogP contribution in [0.3, 0.4) is 0 Å². The quantitative estimate of drug-likeness (QED) is 0.685. The van der Waals surface area contributed by atoms with Gasteiger partial charge in [0.25, 0.3) is 11.6 Å². The van der Waals surface area contributed by atoms with Crippen LogP contribution in [0.4, 0.5) is 0 Å². The van der Waals surface area contributed by atoms with Gasteiger partial charge in [0, 0.05) is 38.7 Å². The molecule has 28 heavy (non-hydrogen) atoms. The molecule has 7 nitrogen and oxygen atoms in total. The predicted octanol–water partition coefficient (Wildman–Crippen LogP) is 2.89. The molecule has 0 unspecified atom stereocenters. The number of rotatable bonds is 2. The van der Waals surface area contributed by atoms with Gasteiger partial charge in [0.2, 0.25) is 5.91 Å². The Kier molecular flexibility index (Phi) is 4.81. The average Bonchev–Trinajstić information content (AvgIpc) is 2.93. The van der Waals surface area contributed by atoms with Gasteiger partial charge in [-0.05, 0) is 19.4 Å². The monoisotopic (exact) mass is 378 g/mol. The van der Waals surface area contributed by atoms with Crippen LogP contribution in [0.25, 0.3) is 22.4 Å². The van der Waals surface area contributed by atoms with Crippen LogP contribution in [-0.2, 0) is 4.79 Å². The molecule has 0 bridgehead atoms. The second kappa shape index (κ2) is 7.42. The Balaban J connectivity index is 1.73. The van der Waals surface area contributed by atoms with Crippen molar-refractivity contribution >= 4 is 22.9 Å². The molecule has 1 fully saturated rings. The fraction of sp³-hybridized carbons (Fsp3) is 0.333. The van der Waals surface area contributed by atoms with Gasteiger partial charge in [0.1, 0.15) is 0 Å². The van der Waals surface area contributed by atoms with Gasteiger partial charge in [-0.25, -0.2) is 4.98 Å². The molecule has 2 aromatic heterocycles. The van der Waals surface area contributed by atoms with Gasteiger partial charge in [0.05, 0.1) is 22.3 Å². The molecule has 1 aliphatic heterocycles. The van der Waals surface area contributed by atoms with E-state index in [1.54, 1.807) is 16.7 Å². The first-order valence-corrected chi connectivity index (χ1v) is 9.42. The van der Waals surface area contributed by atoms with E-state index >= 15 is 0 Å². The predicted molar refractivity (Wildman–Crippen MR) is 105 cm³/mol. The smallest absolute Gasteiger partial charge is 0.259 e. The largest absolute Gasteiger partial charge is 0.341 e. The van der Waals surface area contributed by atoms with E-state index in [1.165, 1.54) is 0 Å². The second-order valence-corrected chi connectivity index (χ2v) is 7.02. The summed E-state index contributed by atoms with van der Waals surface area (Å²) in [4.78, 5) is 33.2. The van der Waals surface area contributed by atoms with Crippen molar-refractivity contribution in [3.05, 3.63) is 47.7 Å². The molecule has 3 aromatic rings. The third-order valence-corrected chi connectivity index (χ3v) is 5.15. The summed E-state index contributed by atoms with van der Waals surface area (Å²) in [6.45, 7) is 5.71. The number of aryl methyl sites for hydroxylation is 1. The summed E-state index contributed by atoms with van der Waals surface area (Å²) in [5.74, 6) is -0.0388. The third kappa shape index (κ3) is 3.35. The number of nitrogens with zero attached hydrogens (tertiary/aromatic N) is 4. The van der Waals surface area contributed by atoms with Gasteiger partial charge in [-0.15, -0.1) is 0 Å². The van der Waals surface area contributed by atoms with Crippen molar-refractivity contribution in [2.75, 3.05) is 26.2 Å². The minimum Gasteiger partial charge on any atom is -0.341 e. The summed E-state index contributed by atoms with van der Waals surface area (Å²) < 4.78 is 5.38.